The number of hydrogen-bond donors (Lipinski definition) is 2. The first-order valence-electron chi connectivity index (χ1n) is 5.10. The minimum Gasteiger partial charge on any atom is -0.396 e. The van der Waals surface area contributed by atoms with Crippen molar-refractivity contribution in [2.24, 2.45) is 7.05 Å². The molecule has 0 saturated heterocycles. The van der Waals surface area contributed by atoms with Gasteiger partial charge in [0.05, 0.1) is 12.2 Å². The second-order valence-corrected chi connectivity index (χ2v) is 3.70. The van der Waals surface area contributed by atoms with Crippen LogP contribution in [0.2, 0.25) is 0 Å². The van der Waals surface area contributed by atoms with Gasteiger partial charge in [-0.3, -0.25) is 0 Å². The van der Waals surface area contributed by atoms with Gasteiger partial charge in [-0.1, -0.05) is 0 Å². The lowest BCUT2D eigenvalue weighted by Crippen LogP contribution is -2.08. The maximum absolute atomic E-state index is 5.81. The van der Waals surface area contributed by atoms with Crippen molar-refractivity contribution in [3.05, 3.63) is 36.0 Å². The molecule has 0 atom stereocenters. The Morgan fingerprint density at radius 1 is 1.44 bits per heavy atom. The minimum atomic E-state index is 0.615. The van der Waals surface area contributed by atoms with Crippen LogP contribution in [0.15, 0.2) is 24.5 Å². The van der Waals surface area contributed by atoms with Crippen LogP contribution in [0, 0.1) is 6.92 Å². The highest BCUT2D eigenvalue weighted by Gasteiger charge is 2.03. The Balaban J connectivity index is 2.10. The summed E-state index contributed by atoms with van der Waals surface area (Å²) >= 11 is 0. The third kappa shape index (κ3) is 2.13. The zero-order chi connectivity index (χ0) is 11.5. The average Bonchev–Trinajstić information content (AvgIpc) is 2.66. The summed E-state index contributed by atoms with van der Waals surface area (Å²) in [4.78, 5) is 8.54. The van der Waals surface area contributed by atoms with Gasteiger partial charge in [-0.15, -0.1) is 0 Å². The summed E-state index contributed by atoms with van der Waals surface area (Å²) in [5, 5.41) is 3.18. The van der Waals surface area contributed by atoms with E-state index in [0.29, 0.717) is 18.1 Å². The van der Waals surface area contributed by atoms with Crippen LogP contribution >= 0.6 is 0 Å². The van der Waals surface area contributed by atoms with E-state index in [0.717, 1.165) is 11.5 Å². The predicted molar refractivity (Wildman–Crippen MR) is 63.9 cm³/mol. The highest BCUT2D eigenvalue weighted by Crippen LogP contribution is 2.15. The summed E-state index contributed by atoms with van der Waals surface area (Å²) in [6, 6.07) is 3.74. The van der Waals surface area contributed by atoms with E-state index in [-0.39, 0.29) is 0 Å². The van der Waals surface area contributed by atoms with E-state index in [4.69, 9.17) is 5.73 Å². The van der Waals surface area contributed by atoms with Gasteiger partial charge >= 0.3 is 0 Å². The number of nitrogens with zero attached hydrogens (tertiary/aromatic N) is 3. The number of anilines is 2. The summed E-state index contributed by atoms with van der Waals surface area (Å²) in [5.74, 6) is 1.66. The topological polar surface area (TPSA) is 68.8 Å². The van der Waals surface area contributed by atoms with Gasteiger partial charge in [-0.05, 0) is 19.1 Å². The molecule has 84 valence electrons. The average molecular weight is 217 g/mol. The summed E-state index contributed by atoms with van der Waals surface area (Å²) in [6.45, 7) is 2.55. The highest BCUT2D eigenvalue weighted by molar-refractivity contribution is 5.61. The third-order valence-electron chi connectivity index (χ3n) is 2.40. The number of hydrogen-bond acceptors (Lipinski definition) is 4. The lowest BCUT2D eigenvalue weighted by Gasteiger charge is -2.08. The maximum atomic E-state index is 5.81. The molecule has 0 spiro atoms. The molecule has 0 aliphatic carbocycles. The second kappa shape index (κ2) is 4.22. The van der Waals surface area contributed by atoms with E-state index in [2.05, 4.69) is 15.3 Å². The first-order chi connectivity index (χ1) is 7.66. The Bertz CT molecular complexity index is 489. The minimum absolute atomic E-state index is 0.615. The molecule has 16 heavy (non-hydrogen) atoms. The first-order valence-corrected chi connectivity index (χ1v) is 5.10. The molecule has 0 amide bonds. The fourth-order valence-electron chi connectivity index (χ4n) is 1.44. The molecule has 5 heteroatoms. The number of nitrogens with two attached hydrogens (primary N) is 1. The van der Waals surface area contributed by atoms with Gasteiger partial charge in [0.15, 0.2) is 0 Å². The van der Waals surface area contributed by atoms with Crippen molar-refractivity contribution in [2.45, 2.75) is 13.5 Å². The molecular formula is C11H15N5. The fourth-order valence-corrected chi connectivity index (χ4v) is 1.44. The maximum Gasteiger partial charge on any atom is 0.149 e. The predicted octanol–water partition coefficient (Wildman–Crippen LogP) is 1.32. The molecule has 0 unspecified atom stereocenters. The number of aromatic nitrogens is 3. The first kappa shape index (κ1) is 10.5. The van der Waals surface area contributed by atoms with E-state index in [1.165, 1.54) is 0 Å². The number of nitrogen functional groups attached to an aromatic ring is 1. The van der Waals surface area contributed by atoms with Crippen LogP contribution in [-0.2, 0) is 13.6 Å². The molecule has 5 nitrogen and oxygen atoms in total. The Hall–Kier alpha value is -2.04. The van der Waals surface area contributed by atoms with Gasteiger partial charge < -0.3 is 15.6 Å². The van der Waals surface area contributed by atoms with Gasteiger partial charge in [0.2, 0.25) is 0 Å². The number of pyridine rings is 1. The van der Waals surface area contributed by atoms with Crippen molar-refractivity contribution in [1.82, 2.24) is 14.5 Å². The Labute approximate surface area is 94.3 Å². The fraction of sp³-hybridized carbons (Fsp3) is 0.273. The van der Waals surface area contributed by atoms with Gasteiger partial charge in [0, 0.05) is 25.1 Å². The molecule has 0 bridgehead atoms. The van der Waals surface area contributed by atoms with Crippen LogP contribution < -0.4 is 11.1 Å². The van der Waals surface area contributed by atoms with E-state index < -0.39 is 0 Å². The van der Waals surface area contributed by atoms with Gasteiger partial charge in [0.25, 0.3) is 0 Å². The molecule has 0 aliphatic heterocycles. The van der Waals surface area contributed by atoms with Crippen LogP contribution in [0.1, 0.15) is 11.5 Å². The third-order valence-corrected chi connectivity index (χ3v) is 2.40. The van der Waals surface area contributed by atoms with Crippen molar-refractivity contribution in [2.75, 3.05) is 11.1 Å². The van der Waals surface area contributed by atoms with Crippen LogP contribution in [0.4, 0.5) is 11.5 Å². The summed E-state index contributed by atoms with van der Waals surface area (Å²) < 4.78 is 1.96. The van der Waals surface area contributed by atoms with Gasteiger partial charge in [-0.2, -0.15) is 0 Å². The van der Waals surface area contributed by atoms with Gasteiger partial charge in [-0.25, -0.2) is 9.97 Å². The number of rotatable bonds is 3. The second-order valence-electron chi connectivity index (χ2n) is 3.70. The normalized spacial score (nSPS) is 10.4. The van der Waals surface area contributed by atoms with Crippen LogP contribution in [0.25, 0.3) is 0 Å². The smallest absolute Gasteiger partial charge is 0.149 e. The summed E-state index contributed by atoms with van der Waals surface area (Å²) in [7, 11) is 1.96. The number of imidazole rings is 1. The van der Waals surface area contributed by atoms with Crippen molar-refractivity contribution in [1.29, 1.82) is 0 Å². The SMILES string of the molecule is Cc1ccc(N)c(NCc2nccn2C)n1. The Kier molecular flexibility index (Phi) is 2.76. The molecule has 0 aromatic carbocycles. The van der Waals surface area contributed by atoms with Crippen LogP contribution in [-0.4, -0.2) is 14.5 Å². The molecule has 3 N–H and O–H groups in total. The molecule has 0 saturated carbocycles. The monoisotopic (exact) mass is 217 g/mol. The molecule has 2 heterocycles. The van der Waals surface area contributed by atoms with Crippen LogP contribution in [0.3, 0.4) is 0 Å². The number of aryl methyl sites for hydroxylation is 2. The molecule has 2 rings (SSSR count). The standard InChI is InChI=1S/C11H15N5/c1-8-3-4-9(12)11(15-8)14-7-10-13-5-6-16(10)2/h3-6H,7,12H2,1-2H3,(H,14,15). The highest BCUT2D eigenvalue weighted by atomic mass is 15.1. The Morgan fingerprint density at radius 3 is 2.94 bits per heavy atom. The molecular weight excluding hydrogens is 202 g/mol. The number of nitrogens with one attached hydrogen (secondary N) is 1. The van der Waals surface area contributed by atoms with E-state index in [1.807, 2.05) is 36.9 Å². The van der Waals surface area contributed by atoms with E-state index in [9.17, 15) is 0 Å². The quantitative estimate of drug-likeness (QED) is 0.813. The van der Waals surface area contributed by atoms with E-state index in [1.54, 1.807) is 6.20 Å². The largest absolute Gasteiger partial charge is 0.396 e. The van der Waals surface area contributed by atoms with Crippen molar-refractivity contribution >= 4 is 11.5 Å². The zero-order valence-electron chi connectivity index (χ0n) is 9.44. The van der Waals surface area contributed by atoms with Crippen molar-refractivity contribution in [3.63, 3.8) is 0 Å². The molecule has 2 aromatic rings. The molecule has 2 aromatic heterocycles. The van der Waals surface area contributed by atoms with Gasteiger partial charge in [0.1, 0.15) is 11.6 Å². The van der Waals surface area contributed by atoms with Crippen molar-refractivity contribution in [3.8, 4) is 0 Å². The molecule has 0 fully saturated rings. The van der Waals surface area contributed by atoms with Crippen LogP contribution in [0.5, 0.6) is 0 Å². The van der Waals surface area contributed by atoms with Crippen molar-refractivity contribution < 1.29 is 0 Å². The lowest BCUT2D eigenvalue weighted by atomic mass is 10.3. The molecule has 0 radical (unpaired) electrons. The Morgan fingerprint density at radius 2 is 2.25 bits per heavy atom. The lowest BCUT2D eigenvalue weighted by molar-refractivity contribution is 0.811. The summed E-state index contributed by atoms with van der Waals surface area (Å²) in [5.41, 5.74) is 7.41. The molecule has 0 aliphatic rings. The zero-order valence-corrected chi connectivity index (χ0v) is 9.44. The summed E-state index contributed by atoms with van der Waals surface area (Å²) in [6.07, 6.45) is 3.67. The van der Waals surface area contributed by atoms with E-state index >= 15 is 0 Å².